The highest BCUT2D eigenvalue weighted by Gasteiger charge is 2.06. The number of aliphatic hydroxyl groups is 1. The van der Waals surface area contributed by atoms with Crippen LogP contribution in [0.4, 0.5) is 8.78 Å². The molecule has 0 fully saturated rings. The number of hydrogen-bond donors (Lipinski definition) is 1. The van der Waals surface area contributed by atoms with Gasteiger partial charge >= 0.3 is 0 Å². The quantitative estimate of drug-likeness (QED) is 0.567. The van der Waals surface area contributed by atoms with Crippen molar-refractivity contribution >= 4 is 23.7 Å². The summed E-state index contributed by atoms with van der Waals surface area (Å²) in [6, 6.07) is 8.33. The third-order valence-electron chi connectivity index (χ3n) is 3.70. The Morgan fingerprint density at radius 2 is 1.52 bits per heavy atom. The normalized spacial score (nSPS) is 11.3. The Bertz CT molecular complexity index is 828. The summed E-state index contributed by atoms with van der Waals surface area (Å²) in [5.74, 6) is -1.78. The summed E-state index contributed by atoms with van der Waals surface area (Å²) in [7, 11) is 1.42. The smallest absolute Gasteiger partial charge is 0.163 e. The standard InChI is InChI=1S/C21H18F2O4/c1-27-19-9-6-16(21(23)12-19)5-8-18(26)11-17(25)7-4-15-3-2-14(13-24)10-20(15)22/h2-10,12,24H,11,13H2,1H3. The fourth-order valence-corrected chi connectivity index (χ4v) is 2.23. The van der Waals surface area contributed by atoms with E-state index in [0.717, 1.165) is 12.2 Å². The maximum atomic E-state index is 13.8. The van der Waals surface area contributed by atoms with E-state index in [4.69, 9.17) is 9.84 Å². The van der Waals surface area contributed by atoms with Crippen molar-refractivity contribution in [2.45, 2.75) is 13.0 Å². The number of aliphatic hydroxyl groups excluding tert-OH is 1. The average Bonchev–Trinajstić information content (AvgIpc) is 2.65. The molecular formula is C21H18F2O4. The summed E-state index contributed by atoms with van der Waals surface area (Å²) in [4.78, 5) is 23.7. The molecule has 2 aromatic carbocycles. The van der Waals surface area contributed by atoms with Crippen molar-refractivity contribution in [3.05, 3.63) is 76.9 Å². The Labute approximate surface area is 155 Å². The van der Waals surface area contributed by atoms with Crippen LogP contribution < -0.4 is 4.74 Å². The molecule has 1 N–H and O–H groups in total. The number of allylic oxidation sites excluding steroid dienone is 2. The van der Waals surface area contributed by atoms with E-state index in [0.29, 0.717) is 11.3 Å². The van der Waals surface area contributed by atoms with Crippen molar-refractivity contribution in [2.75, 3.05) is 7.11 Å². The van der Waals surface area contributed by atoms with Gasteiger partial charge in [0.05, 0.1) is 20.1 Å². The second kappa shape index (κ2) is 9.54. The Morgan fingerprint density at radius 3 is 2.00 bits per heavy atom. The molecular weight excluding hydrogens is 354 g/mol. The number of ether oxygens (including phenoxy) is 1. The Kier molecular flexibility index (Phi) is 7.14. The molecule has 0 amide bonds. The maximum absolute atomic E-state index is 13.8. The molecule has 0 spiro atoms. The summed E-state index contributed by atoms with van der Waals surface area (Å²) in [5.41, 5.74) is 0.782. The Morgan fingerprint density at radius 1 is 0.963 bits per heavy atom. The van der Waals surface area contributed by atoms with Gasteiger partial charge < -0.3 is 9.84 Å². The molecule has 2 rings (SSSR count). The molecule has 0 aliphatic carbocycles. The minimum atomic E-state index is -0.577. The van der Waals surface area contributed by atoms with Gasteiger partial charge in [-0.1, -0.05) is 12.1 Å². The molecule has 0 aliphatic heterocycles. The fourth-order valence-electron chi connectivity index (χ4n) is 2.23. The largest absolute Gasteiger partial charge is 0.497 e. The van der Waals surface area contributed by atoms with E-state index >= 15 is 0 Å². The fraction of sp³-hybridized carbons (Fsp3) is 0.143. The summed E-state index contributed by atoms with van der Waals surface area (Å²) in [6.45, 7) is -0.282. The van der Waals surface area contributed by atoms with Crippen LogP contribution in [-0.2, 0) is 16.2 Å². The van der Waals surface area contributed by atoms with E-state index in [2.05, 4.69) is 0 Å². The molecule has 6 heteroatoms. The summed E-state index contributed by atoms with van der Waals surface area (Å²) < 4.78 is 32.4. The van der Waals surface area contributed by atoms with Crippen LogP contribution in [0.15, 0.2) is 48.6 Å². The monoisotopic (exact) mass is 372 g/mol. The molecule has 0 radical (unpaired) electrons. The van der Waals surface area contributed by atoms with Gasteiger partial charge in [0.1, 0.15) is 17.4 Å². The second-order valence-electron chi connectivity index (χ2n) is 5.68. The SMILES string of the molecule is COc1ccc(C=CC(=O)CC(=O)C=Cc2ccc(CO)cc2F)c(F)c1. The number of rotatable bonds is 8. The molecule has 0 saturated heterocycles. The van der Waals surface area contributed by atoms with Crippen LogP contribution in [-0.4, -0.2) is 23.8 Å². The topological polar surface area (TPSA) is 63.6 Å². The van der Waals surface area contributed by atoms with Crippen molar-refractivity contribution in [2.24, 2.45) is 0 Å². The van der Waals surface area contributed by atoms with Crippen LogP contribution in [0.2, 0.25) is 0 Å². The van der Waals surface area contributed by atoms with Gasteiger partial charge in [0.2, 0.25) is 0 Å². The Balaban J connectivity index is 1.96. The third-order valence-corrected chi connectivity index (χ3v) is 3.70. The number of hydrogen-bond acceptors (Lipinski definition) is 4. The van der Waals surface area contributed by atoms with Crippen LogP contribution in [0.25, 0.3) is 12.2 Å². The van der Waals surface area contributed by atoms with E-state index in [-0.39, 0.29) is 17.7 Å². The lowest BCUT2D eigenvalue weighted by atomic mass is 10.1. The lowest BCUT2D eigenvalue weighted by Crippen LogP contribution is -2.02. The van der Waals surface area contributed by atoms with E-state index < -0.39 is 29.6 Å². The van der Waals surface area contributed by atoms with E-state index in [1.807, 2.05) is 0 Å². The molecule has 0 saturated carbocycles. The molecule has 0 bridgehead atoms. The molecule has 0 aliphatic rings. The molecule has 0 heterocycles. The highest BCUT2D eigenvalue weighted by molar-refractivity contribution is 6.10. The van der Waals surface area contributed by atoms with Gasteiger partial charge in [0, 0.05) is 17.2 Å². The molecule has 2 aromatic rings. The first-order chi connectivity index (χ1) is 12.9. The van der Waals surface area contributed by atoms with E-state index in [1.54, 1.807) is 6.07 Å². The van der Waals surface area contributed by atoms with Crippen molar-refractivity contribution in [1.29, 1.82) is 0 Å². The first-order valence-electron chi connectivity index (χ1n) is 8.07. The molecule has 4 nitrogen and oxygen atoms in total. The molecule has 0 atom stereocenters. The van der Waals surface area contributed by atoms with Gasteiger partial charge in [0.15, 0.2) is 11.6 Å². The van der Waals surface area contributed by atoms with Crippen LogP contribution >= 0.6 is 0 Å². The van der Waals surface area contributed by atoms with E-state index in [9.17, 15) is 18.4 Å². The zero-order valence-electron chi connectivity index (χ0n) is 14.6. The molecule has 0 aromatic heterocycles. The van der Waals surface area contributed by atoms with E-state index in [1.165, 1.54) is 49.6 Å². The van der Waals surface area contributed by atoms with Crippen LogP contribution in [0, 0.1) is 11.6 Å². The van der Waals surface area contributed by atoms with Gasteiger partial charge in [-0.25, -0.2) is 8.78 Å². The van der Waals surface area contributed by atoms with Crippen molar-refractivity contribution < 1.29 is 28.2 Å². The lowest BCUT2D eigenvalue weighted by Gasteiger charge is -2.01. The predicted octanol–water partition coefficient (Wildman–Crippen LogP) is 3.72. The minimum Gasteiger partial charge on any atom is -0.497 e. The minimum absolute atomic E-state index is 0.170. The van der Waals surface area contributed by atoms with Crippen molar-refractivity contribution in [3.8, 4) is 5.75 Å². The highest BCUT2D eigenvalue weighted by Crippen LogP contribution is 2.17. The van der Waals surface area contributed by atoms with Gasteiger partial charge in [0.25, 0.3) is 0 Å². The van der Waals surface area contributed by atoms with Crippen LogP contribution in [0.5, 0.6) is 5.75 Å². The van der Waals surface area contributed by atoms with Gasteiger partial charge in [-0.15, -0.1) is 0 Å². The third kappa shape index (κ3) is 5.97. The predicted molar refractivity (Wildman–Crippen MR) is 98.0 cm³/mol. The van der Waals surface area contributed by atoms with Gasteiger partial charge in [-0.3, -0.25) is 9.59 Å². The Hall–Kier alpha value is -3.12. The molecule has 140 valence electrons. The first-order valence-corrected chi connectivity index (χ1v) is 8.07. The number of benzene rings is 2. The van der Waals surface area contributed by atoms with Crippen molar-refractivity contribution in [3.63, 3.8) is 0 Å². The number of ketones is 2. The first kappa shape index (κ1) is 20.2. The van der Waals surface area contributed by atoms with Crippen LogP contribution in [0.1, 0.15) is 23.1 Å². The number of carbonyl (C=O) groups is 2. The maximum Gasteiger partial charge on any atom is 0.163 e. The molecule has 0 unspecified atom stereocenters. The second-order valence-corrected chi connectivity index (χ2v) is 5.68. The lowest BCUT2D eigenvalue weighted by molar-refractivity contribution is -0.121. The zero-order chi connectivity index (χ0) is 19.8. The average molecular weight is 372 g/mol. The van der Waals surface area contributed by atoms with Gasteiger partial charge in [-0.05, 0) is 48.1 Å². The highest BCUT2D eigenvalue weighted by atomic mass is 19.1. The van der Waals surface area contributed by atoms with Crippen molar-refractivity contribution in [1.82, 2.24) is 0 Å². The zero-order valence-corrected chi connectivity index (χ0v) is 14.6. The number of methoxy groups -OCH3 is 1. The van der Waals surface area contributed by atoms with Gasteiger partial charge in [-0.2, -0.15) is 0 Å². The summed E-state index contributed by atoms with van der Waals surface area (Å²) in [6.07, 6.45) is 4.35. The van der Waals surface area contributed by atoms with Crippen LogP contribution in [0.3, 0.4) is 0 Å². The summed E-state index contributed by atoms with van der Waals surface area (Å²) >= 11 is 0. The number of carbonyl (C=O) groups excluding carboxylic acids is 2. The molecule has 27 heavy (non-hydrogen) atoms. The summed E-state index contributed by atoms with van der Waals surface area (Å²) in [5, 5.41) is 8.93. The number of halogens is 2.